The van der Waals surface area contributed by atoms with Crippen molar-refractivity contribution in [3.8, 4) is 0 Å². The molecule has 1 aliphatic heterocycles. The van der Waals surface area contributed by atoms with E-state index in [-0.39, 0.29) is 6.10 Å². The van der Waals surface area contributed by atoms with Crippen LogP contribution in [0.4, 0.5) is 5.82 Å². The lowest BCUT2D eigenvalue weighted by Crippen LogP contribution is -2.38. The molecule has 1 aromatic rings. The summed E-state index contributed by atoms with van der Waals surface area (Å²) in [4.78, 5) is 6.51. The number of hydrogen-bond donors (Lipinski definition) is 1. The van der Waals surface area contributed by atoms with Gasteiger partial charge in [-0.1, -0.05) is 0 Å². The summed E-state index contributed by atoms with van der Waals surface area (Å²) in [5, 5.41) is 9.62. The number of aromatic nitrogens is 1. The standard InChI is InChI=1S/C11H15BrN2O/c1-8-4-5-13-11(10(8)12)14-6-2-3-9(15)7-14/h4-5,9,15H,2-3,6-7H2,1H3/t9-/m0/s1. The van der Waals surface area contributed by atoms with Crippen molar-refractivity contribution in [2.75, 3.05) is 18.0 Å². The summed E-state index contributed by atoms with van der Waals surface area (Å²) >= 11 is 3.55. The molecule has 0 amide bonds. The lowest BCUT2D eigenvalue weighted by Gasteiger charge is -2.31. The zero-order chi connectivity index (χ0) is 10.8. The molecule has 0 unspecified atom stereocenters. The summed E-state index contributed by atoms with van der Waals surface area (Å²) in [6.07, 6.45) is 3.53. The summed E-state index contributed by atoms with van der Waals surface area (Å²) in [6.45, 7) is 3.72. The first-order valence-electron chi connectivity index (χ1n) is 5.22. The Balaban J connectivity index is 2.24. The monoisotopic (exact) mass is 270 g/mol. The topological polar surface area (TPSA) is 36.4 Å². The molecular formula is C11H15BrN2O. The molecule has 3 nitrogen and oxygen atoms in total. The number of aryl methyl sites for hydroxylation is 1. The Hall–Kier alpha value is -0.610. The predicted octanol–water partition coefficient (Wildman–Crippen LogP) is 2.11. The van der Waals surface area contributed by atoms with E-state index in [0.29, 0.717) is 6.54 Å². The van der Waals surface area contributed by atoms with Crippen molar-refractivity contribution in [2.45, 2.75) is 25.9 Å². The van der Waals surface area contributed by atoms with Crippen LogP contribution in [0.3, 0.4) is 0 Å². The highest BCUT2D eigenvalue weighted by Gasteiger charge is 2.20. The van der Waals surface area contributed by atoms with E-state index in [9.17, 15) is 5.11 Å². The van der Waals surface area contributed by atoms with Crippen LogP contribution in [-0.4, -0.2) is 29.3 Å². The van der Waals surface area contributed by atoms with Gasteiger partial charge in [0.15, 0.2) is 0 Å². The van der Waals surface area contributed by atoms with E-state index in [1.54, 1.807) is 0 Å². The van der Waals surface area contributed by atoms with Gasteiger partial charge in [0.05, 0.1) is 10.6 Å². The molecule has 0 saturated carbocycles. The lowest BCUT2D eigenvalue weighted by atomic mass is 10.1. The second-order valence-corrected chi connectivity index (χ2v) is 4.80. The molecular weight excluding hydrogens is 256 g/mol. The molecule has 4 heteroatoms. The molecule has 0 radical (unpaired) electrons. The first kappa shape index (κ1) is 10.9. The summed E-state index contributed by atoms with van der Waals surface area (Å²) in [5.74, 6) is 0.953. The van der Waals surface area contributed by atoms with Gasteiger partial charge in [-0.15, -0.1) is 0 Å². The van der Waals surface area contributed by atoms with Gasteiger partial charge in [0.1, 0.15) is 5.82 Å². The van der Waals surface area contributed by atoms with Crippen LogP contribution in [0, 0.1) is 6.92 Å². The van der Waals surface area contributed by atoms with Crippen LogP contribution in [0.25, 0.3) is 0 Å². The Morgan fingerprint density at radius 1 is 1.60 bits per heavy atom. The Morgan fingerprint density at radius 2 is 2.40 bits per heavy atom. The van der Waals surface area contributed by atoms with E-state index in [4.69, 9.17) is 0 Å². The number of nitrogens with zero attached hydrogens (tertiary/aromatic N) is 2. The second-order valence-electron chi connectivity index (χ2n) is 4.01. The van der Waals surface area contributed by atoms with Gasteiger partial charge in [-0.3, -0.25) is 0 Å². The van der Waals surface area contributed by atoms with Gasteiger partial charge >= 0.3 is 0 Å². The first-order valence-corrected chi connectivity index (χ1v) is 6.02. The van der Waals surface area contributed by atoms with Gasteiger partial charge in [0.25, 0.3) is 0 Å². The number of piperidine rings is 1. The van der Waals surface area contributed by atoms with Crippen LogP contribution in [0.2, 0.25) is 0 Å². The molecule has 1 aliphatic rings. The minimum absolute atomic E-state index is 0.215. The number of halogens is 1. The zero-order valence-corrected chi connectivity index (χ0v) is 10.4. The third-order valence-corrected chi connectivity index (χ3v) is 3.74. The van der Waals surface area contributed by atoms with Crippen molar-refractivity contribution < 1.29 is 5.11 Å². The normalized spacial score (nSPS) is 21.8. The van der Waals surface area contributed by atoms with Crippen molar-refractivity contribution in [1.29, 1.82) is 0 Å². The smallest absolute Gasteiger partial charge is 0.143 e. The molecule has 1 N–H and O–H groups in total. The zero-order valence-electron chi connectivity index (χ0n) is 8.78. The van der Waals surface area contributed by atoms with Crippen molar-refractivity contribution in [1.82, 2.24) is 4.98 Å². The van der Waals surface area contributed by atoms with E-state index in [1.165, 1.54) is 5.56 Å². The highest BCUT2D eigenvalue weighted by Crippen LogP contribution is 2.28. The summed E-state index contributed by atoms with van der Waals surface area (Å²) in [6, 6.07) is 1.98. The maximum atomic E-state index is 9.62. The van der Waals surface area contributed by atoms with Crippen LogP contribution in [-0.2, 0) is 0 Å². The van der Waals surface area contributed by atoms with E-state index in [2.05, 4.69) is 32.7 Å². The number of aliphatic hydroxyl groups excluding tert-OH is 1. The number of aliphatic hydroxyl groups is 1. The third kappa shape index (κ3) is 2.32. The van der Waals surface area contributed by atoms with Crippen molar-refractivity contribution in [3.63, 3.8) is 0 Å². The maximum absolute atomic E-state index is 9.62. The number of β-amino-alcohol motifs (C(OH)–C–C–N with tert-alkyl or cyclic N) is 1. The van der Waals surface area contributed by atoms with Crippen LogP contribution < -0.4 is 4.90 Å². The summed E-state index contributed by atoms with van der Waals surface area (Å²) in [7, 11) is 0. The highest BCUT2D eigenvalue weighted by atomic mass is 79.9. The molecule has 1 saturated heterocycles. The van der Waals surface area contributed by atoms with Crippen molar-refractivity contribution in [2.24, 2.45) is 0 Å². The van der Waals surface area contributed by atoms with Gasteiger partial charge < -0.3 is 10.0 Å². The molecule has 2 heterocycles. The molecule has 15 heavy (non-hydrogen) atoms. The predicted molar refractivity (Wildman–Crippen MR) is 64.1 cm³/mol. The third-order valence-electron chi connectivity index (χ3n) is 2.76. The minimum atomic E-state index is -0.215. The van der Waals surface area contributed by atoms with E-state index < -0.39 is 0 Å². The Labute approximate surface area is 98.3 Å². The maximum Gasteiger partial charge on any atom is 0.143 e. The van der Waals surface area contributed by atoms with Gasteiger partial charge in [0.2, 0.25) is 0 Å². The summed E-state index contributed by atoms with van der Waals surface area (Å²) in [5.41, 5.74) is 1.18. The molecule has 1 aromatic heterocycles. The number of anilines is 1. The van der Waals surface area contributed by atoms with Gasteiger partial charge in [-0.05, 0) is 47.3 Å². The Bertz CT molecular complexity index is 356. The van der Waals surface area contributed by atoms with E-state index in [0.717, 1.165) is 29.7 Å². The Morgan fingerprint density at radius 3 is 3.13 bits per heavy atom. The quantitative estimate of drug-likeness (QED) is 0.850. The second kappa shape index (κ2) is 4.49. The Kier molecular flexibility index (Phi) is 3.26. The summed E-state index contributed by atoms with van der Waals surface area (Å²) < 4.78 is 1.04. The van der Waals surface area contributed by atoms with Gasteiger partial charge in [-0.2, -0.15) is 0 Å². The number of pyridine rings is 1. The number of hydrogen-bond acceptors (Lipinski definition) is 3. The van der Waals surface area contributed by atoms with Crippen molar-refractivity contribution in [3.05, 3.63) is 22.3 Å². The van der Waals surface area contributed by atoms with Crippen LogP contribution in [0.15, 0.2) is 16.7 Å². The van der Waals surface area contributed by atoms with E-state index >= 15 is 0 Å². The lowest BCUT2D eigenvalue weighted by molar-refractivity contribution is 0.154. The van der Waals surface area contributed by atoms with Crippen LogP contribution in [0.1, 0.15) is 18.4 Å². The molecule has 0 aromatic carbocycles. The van der Waals surface area contributed by atoms with Crippen molar-refractivity contribution >= 4 is 21.7 Å². The van der Waals surface area contributed by atoms with E-state index in [1.807, 2.05) is 12.3 Å². The molecule has 0 bridgehead atoms. The molecule has 1 fully saturated rings. The molecule has 0 spiro atoms. The molecule has 0 aliphatic carbocycles. The average molecular weight is 271 g/mol. The van der Waals surface area contributed by atoms with Crippen LogP contribution >= 0.6 is 15.9 Å². The van der Waals surface area contributed by atoms with Gasteiger partial charge in [-0.25, -0.2) is 4.98 Å². The molecule has 2 rings (SSSR count). The minimum Gasteiger partial charge on any atom is -0.391 e. The molecule has 82 valence electrons. The van der Waals surface area contributed by atoms with Crippen LogP contribution in [0.5, 0.6) is 0 Å². The number of rotatable bonds is 1. The SMILES string of the molecule is Cc1ccnc(N2CCC[C@H](O)C2)c1Br. The van der Waals surface area contributed by atoms with Gasteiger partial charge in [0, 0.05) is 19.3 Å². The average Bonchev–Trinajstić information content (AvgIpc) is 2.22. The first-order chi connectivity index (χ1) is 7.18. The highest BCUT2D eigenvalue weighted by molar-refractivity contribution is 9.10. The fourth-order valence-corrected chi connectivity index (χ4v) is 2.38. The fraction of sp³-hybridized carbons (Fsp3) is 0.545. The fourth-order valence-electron chi connectivity index (χ4n) is 1.89. The molecule has 1 atom stereocenters. The largest absolute Gasteiger partial charge is 0.391 e.